The minimum Gasteiger partial charge on any atom is -0.497 e. The van der Waals surface area contributed by atoms with E-state index in [2.05, 4.69) is 5.32 Å². The van der Waals surface area contributed by atoms with Crippen LogP contribution in [0.4, 0.5) is 4.39 Å². The quantitative estimate of drug-likeness (QED) is 0.221. The molecule has 1 atom stereocenters. The van der Waals surface area contributed by atoms with Crippen molar-refractivity contribution in [3.8, 4) is 5.75 Å². The van der Waals surface area contributed by atoms with Gasteiger partial charge in [-0.25, -0.2) is 12.8 Å². The average Bonchev–Trinajstić information content (AvgIpc) is 3.02. The van der Waals surface area contributed by atoms with Crippen LogP contribution in [0.15, 0.2) is 109 Å². The number of ether oxygens (including phenoxy) is 1. The molecule has 0 aliphatic carbocycles. The zero-order chi connectivity index (χ0) is 31.5. The number of hydrogen-bond acceptors (Lipinski definition) is 5. The second-order valence-corrected chi connectivity index (χ2v) is 12.3. The maximum absolute atomic E-state index is 14.1. The zero-order valence-electron chi connectivity index (χ0n) is 24.7. The Morgan fingerprint density at radius 2 is 1.36 bits per heavy atom. The number of sulfonamides is 1. The average molecular weight is 618 g/mol. The Bertz CT molecular complexity index is 1620. The van der Waals surface area contributed by atoms with E-state index in [-0.39, 0.29) is 13.1 Å². The molecule has 4 rings (SSSR count). The molecule has 230 valence electrons. The zero-order valence-corrected chi connectivity index (χ0v) is 25.5. The Labute approximate surface area is 258 Å². The van der Waals surface area contributed by atoms with Gasteiger partial charge in [-0.05, 0) is 52.9 Å². The van der Waals surface area contributed by atoms with Crippen molar-refractivity contribution in [2.75, 3.05) is 26.5 Å². The highest BCUT2D eigenvalue weighted by Crippen LogP contribution is 2.25. The van der Waals surface area contributed by atoms with Crippen molar-refractivity contribution in [2.45, 2.75) is 25.6 Å². The van der Waals surface area contributed by atoms with Gasteiger partial charge in [-0.1, -0.05) is 84.9 Å². The van der Waals surface area contributed by atoms with Crippen LogP contribution in [-0.2, 0) is 39.1 Å². The van der Waals surface area contributed by atoms with E-state index in [4.69, 9.17) is 4.74 Å². The summed E-state index contributed by atoms with van der Waals surface area (Å²) in [6.45, 7) is -0.249. The van der Waals surface area contributed by atoms with Gasteiger partial charge in [0, 0.05) is 19.6 Å². The van der Waals surface area contributed by atoms with E-state index in [9.17, 15) is 22.4 Å². The summed E-state index contributed by atoms with van der Waals surface area (Å²) in [6.07, 6.45) is 1.59. The number of amides is 2. The van der Waals surface area contributed by atoms with Crippen LogP contribution in [0.1, 0.15) is 28.3 Å². The first-order chi connectivity index (χ1) is 21.1. The molecule has 0 aliphatic rings. The summed E-state index contributed by atoms with van der Waals surface area (Å²) < 4.78 is 45.7. The molecule has 0 aromatic heterocycles. The second-order valence-electron chi connectivity index (χ2n) is 10.4. The third kappa shape index (κ3) is 9.23. The van der Waals surface area contributed by atoms with E-state index in [0.29, 0.717) is 29.7 Å². The van der Waals surface area contributed by atoms with Gasteiger partial charge in [0.2, 0.25) is 21.8 Å². The van der Waals surface area contributed by atoms with Crippen molar-refractivity contribution < 1.29 is 27.1 Å². The number of halogens is 1. The lowest BCUT2D eigenvalue weighted by Crippen LogP contribution is -2.48. The van der Waals surface area contributed by atoms with Crippen LogP contribution in [0.2, 0.25) is 0 Å². The molecule has 0 radical (unpaired) electrons. The van der Waals surface area contributed by atoms with Gasteiger partial charge in [0.1, 0.15) is 17.6 Å². The van der Waals surface area contributed by atoms with Crippen LogP contribution in [0.3, 0.4) is 0 Å². The molecule has 0 unspecified atom stereocenters. The van der Waals surface area contributed by atoms with Gasteiger partial charge in [0.25, 0.3) is 0 Å². The second kappa shape index (κ2) is 15.3. The maximum atomic E-state index is 14.1. The fourth-order valence-electron chi connectivity index (χ4n) is 4.76. The summed E-state index contributed by atoms with van der Waals surface area (Å²) in [5.74, 6) is -0.704. The molecular formula is C34H36FN3O5S. The molecule has 0 saturated carbocycles. The Kier molecular flexibility index (Phi) is 11.2. The van der Waals surface area contributed by atoms with Crippen LogP contribution < -0.4 is 10.1 Å². The number of rotatable bonds is 14. The summed E-state index contributed by atoms with van der Waals surface area (Å²) in [5, 5.41) is 2.96. The number of benzene rings is 4. The SMILES string of the molecule is COc1ccc(CCNC(=O)[C@@H](c2ccccc2)N(Cc2ccc(F)cc2)C(=O)CN(Cc2ccccc2)S(C)(=O)=O)cc1. The molecule has 0 spiro atoms. The van der Waals surface area contributed by atoms with E-state index in [1.165, 1.54) is 29.2 Å². The molecule has 44 heavy (non-hydrogen) atoms. The molecule has 8 nitrogen and oxygen atoms in total. The lowest BCUT2D eigenvalue weighted by atomic mass is 10.0. The first-order valence-corrected chi connectivity index (χ1v) is 16.0. The summed E-state index contributed by atoms with van der Waals surface area (Å²) in [6, 6.07) is 29.9. The first-order valence-electron chi connectivity index (χ1n) is 14.1. The standard InChI is InChI=1S/C34H36FN3O5S/c1-43-31-19-15-26(16-20-31)21-22-36-34(40)33(29-11-7-4-8-12-29)38(24-28-13-17-30(35)18-14-28)32(39)25-37(44(2,41)42)23-27-9-5-3-6-10-27/h3-20,33H,21-25H2,1-2H3,(H,36,40)/t33-/m1/s1. The summed E-state index contributed by atoms with van der Waals surface area (Å²) in [7, 11) is -2.21. The molecule has 1 N–H and O–H groups in total. The maximum Gasteiger partial charge on any atom is 0.247 e. The molecule has 0 bridgehead atoms. The Morgan fingerprint density at radius 3 is 1.95 bits per heavy atom. The van der Waals surface area contributed by atoms with Crippen LogP contribution >= 0.6 is 0 Å². The minimum atomic E-state index is -3.80. The van der Waals surface area contributed by atoms with E-state index in [1.54, 1.807) is 61.7 Å². The fourth-order valence-corrected chi connectivity index (χ4v) is 5.48. The Hall–Kier alpha value is -4.54. The van der Waals surface area contributed by atoms with Gasteiger partial charge in [-0.15, -0.1) is 0 Å². The smallest absolute Gasteiger partial charge is 0.247 e. The normalized spacial score (nSPS) is 12.0. The summed E-state index contributed by atoms with van der Waals surface area (Å²) in [4.78, 5) is 29.3. The van der Waals surface area contributed by atoms with Gasteiger partial charge in [-0.2, -0.15) is 4.31 Å². The van der Waals surface area contributed by atoms with Crippen molar-refractivity contribution in [3.63, 3.8) is 0 Å². The van der Waals surface area contributed by atoms with Crippen LogP contribution in [-0.4, -0.2) is 55.9 Å². The van der Waals surface area contributed by atoms with E-state index in [0.717, 1.165) is 21.9 Å². The molecule has 0 saturated heterocycles. The number of methoxy groups -OCH3 is 1. The predicted octanol–water partition coefficient (Wildman–Crippen LogP) is 4.72. The highest BCUT2D eigenvalue weighted by atomic mass is 32.2. The van der Waals surface area contributed by atoms with E-state index < -0.39 is 40.2 Å². The van der Waals surface area contributed by atoms with Crippen molar-refractivity contribution >= 4 is 21.8 Å². The van der Waals surface area contributed by atoms with Gasteiger partial charge in [0.05, 0.1) is 19.9 Å². The van der Waals surface area contributed by atoms with Gasteiger partial charge >= 0.3 is 0 Å². The number of carbonyl (C=O) groups is 2. The van der Waals surface area contributed by atoms with Crippen LogP contribution in [0.25, 0.3) is 0 Å². The molecule has 0 heterocycles. The van der Waals surface area contributed by atoms with Crippen LogP contribution in [0, 0.1) is 5.82 Å². The largest absolute Gasteiger partial charge is 0.497 e. The summed E-state index contributed by atoms with van der Waals surface area (Å²) in [5.41, 5.74) is 2.84. The lowest BCUT2D eigenvalue weighted by Gasteiger charge is -2.33. The molecule has 0 fully saturated rings. The molecule has 2 amide bonds. The monoisotopic (exact) mass is 617 g/mol. The number of nitrogens with zero attached hydrogens (tertiary/aromatic N) is 2. The predicted molar refractivity (Wildman–Crippen MR) is 168 cm³/mol. The van der Waals surface area contributed by atoms with Gasteiger partial charge in [-0.3, -0.25) is 9.59 Å². The highest BCUT2D eigenvalue weighted by Gasteiger charge is 2.33. The van der Waals surface area contributed by atoms with E-state index >= 15 is 0 Å². The minimum absolute atomic E-state index is 0.0140. The number of hydrogen-bond donors (Lipinski definition) is 1. The fraction of sp³-hybridized carbons (Fsp3) is 0.235. The van der Waals surface area contributed by atoms with Gasteiger partial charge < -0.3 is 15.0 Å². The number of nitrogens with one attached hydrogen (secondary N) is 1. The van der Waals surface area contributed by atoms with Crippen LogP contribution in [0.5, 0.6) is 5.75 Å². The topological polar surface area (TPSA) is 96.0 Å². The van der Waals surface area contributed by atoms with Gasteiger partial charge in [0.15, 0.2) is 0 Å². The van der Waals surface area contributed by atoms with E-state index in [1.807, 2.05) is 30.3 Å². The lowest BCUT2D eigenvalue weighted by molar-refractivity contribution is -0.141. The molecule has 4 aromatic rings. The molecule has 4 aromatic carbocycles. The Balaban J connectivity index is 1.64. The molecular weight excluding hydrogens is 581 g/mol. The van der Waals surface area contributed by atoms with Crippen molar-refractivity contribution in [1.82, 2.24) is 14.5 Å². The van der Waals surface area contributed by atoms with Crippen molar-refractivity contribution in [3.05, 3.63) is 137 Å². The third-order valence-electron chi connectivity index (χ3n) is 7.12. The Morgan fingerprint density at radius 1 is 0.795 bits per heavy atom. The van der Waals surface area contributed by atoms with Crippen molar-refractivity contribution in [1.29, 1.82) is 0 Å². The molecule has 10 heteroatoms. The molecule has 0 aliphatic heterocycles. The van der Waals surface area contributed by atoms with Crippen molar-refractivity contribution in [2.24, 2.45) is 0 Å². The highest BCUT2D eigenvalue weighted by molar-refractivity contribution is 7.88. The first kappa shape index (κ1) is 32.4. The number of carbonyl (C=O) groups excluding carboxylic acids is 2. The third-order valence-corrected chi connectivity index (χ3v) is 8.31. The summed E-state index contributed by atoms with van der Waals surface area (Å²) >= 11 is 0.